The van der Waals surface area contributed by atoms with Crippen molar-refractivity contribution in [3.8, 4) is 0 Å². The van der Waals surface area contributed by atoms with E-state index in [0.717, 1.165) is 16.9 Å². The fourth-order valence-corrected chi connectivity index (χ4v) is 3.05. The third-order valence-electron chi connectivity index (χ3n) is 4.13. The number of rotatable bonds is 4. The number of benzene rings is 3. The Labute approximate surface area is 167 Å². The van der Waals surface area contributed by atoms with Gasteiger partial charge in [-0.15, -0.1) is 0 Å². The van der Waals surface area contributed by atoms with Crippen molar-refractivity contribution >= 4 is 52.1 Å². The molecule has 2 nitrogen and oxygen atoms in total. The lowest BCUT2D eigenvalue weighted by Crippen LogP contribution is -2.30. The minimum atomic E-state index is -0.348. The van der Waals surface area contributed by atoms with Crippen molar-refractivity contribution in [3.05, 3.63) is 93.4 Å². The molecule has 0 bridgehead atoms. The van der Waals surface area contributed by atoms with Gasteiger partial charge in [0.25, 0.3) is 0 Å². The van der Waals surface area contributed by atoms with Crippen LogP contribution in [0.4, 0.5) is 11.4 Å². The summed E-state index contributed by atoms with van der Waals surface area (Å²) >= 11 is 18.0. The Hall–Kier alpha value is -2.00. The molecule has 0 aliphatic rings. The number of nitrogens with zero attached hydrogens (tertiary/aromatic N) is 1. The quantitative estimate of drug-likeness (QED) is 0.453. The Morgan fingerprint density at radius 2 is 1.04 bits per heavy atom. The van der Waals surface area contributed by atoms with E-state index in [1.807, 2.05) is 43.3 Å². The van der Waals surface area contributed by atoms with Crippen LogP contribution in [0.15, 0.2) is 72.8 Å². The van der Waals surface area contributed by atoms with Gasteiger partial charge in [-0.3, -0.25) is 9.69 Å². The highest BCUT2D eigenvalue weighted by Gasteiger charge is 2.25. The summed E-state index contributed by atoms with van der Waals surface area (Å²) in [7, 11) is 0. The van der Waals surface area contributed by atoms with E-state index in [1.54, 1.807) is 41.3 Å². The maximum Gasteiger partial charge on any atom is 0.238 e. The topological polar surface area (TPSA) is 20.3 Å². The minimum Gasteiger partial charge on any atom is -0.281 e. The van der Waals surface area contributed by atoms with Gasteiger partial charge in [0.05, 0.1) is 5.92 Å². The molecule has 1 unspecified atom stereocenters. The molecule has 3 aromatic rings. The third-order valence-corrected chi connectivity index (χ3v) is 4.89. The summed E-state index contributed by atoms with van der Waals surface area (Å²) in [6, 6.07) is 21.7. The van der Waals surface area contributed by atoms with Crippen molar-refractivity contribution < 1.29 is 4.79 Å². The van der Waals surface area contributed by atoms with Gasteiger partial charge >= 0.3 is 0 Å². The van der Waals surface area contributed by atoms with Crippen LogP contribution in [0.5, 0.6) is 0 Å². The molecule has 0 heterocycles. The lowest BCUT2D eigenvalue weighted by Gasteiger charge is -2.26. The van der Waals surface area contributed by atoms with Crippen LogP contribution in [-0.2, 0) is 4.79 Å². The molecule has 0 saturated carbocycles. The second-order valence-corrected chi connectivity index (χ2v) is 7.21. The Balaban J connectivity index is 2.01. The van der Waals surface area contributed by atoms with Crippen LogP contribution in [0.25, 0.3) is 0 Å². The van der Waals surface area contributed by atoms with E-state index in [2.05, 4.69) is 0 Å². The number of hydrogen-bond acceptors (Lipinski definition) is 1. The van der Waals surface area contributed by atoms with Gasteiger partial charge in [-0.1, -0.05) is 46.9 Å². The summed E-state index contributed by atoms with van der Waals surface area (Å²) in [6.45, 7) is 1.88. The third kappa shape index (κ3) is 4.21. The summed E-state index contributed by atoms with van der Waals surface area (Å²) in [6.07, 6.45) is 0. The van der Waals surface area contributed by atoms with Gasteiger partial charge in [0, 0.05) is 26.4 Å². The highest BCUT2D eigenvalue weighted by molar-refractivity contribution is 6.31. The van der Waals surface area contributed by atoms with E-state index in [9.17, 15) is 4.79 Å². The van der Waals surface area contributed by atoms with E-state index in [-0.39, 0.29) is 11.8 Å². The normalized spacial score (nSPS) is 11.8. The van der Waals surface area contributed by atoms with E-state index >= 15 is 0 Å². The molecule has 0 radical (unpaired) electrons. The first-order valence-electron chi connectivity index (χ1n) is 8.06. The first-order chi connectivity index (χ1) is 12.5. The predicted octanol–water partition coefficient (Wildman–Crippen LogP) is 7.12. The van der Waals surface area contributed by atoms with Crippen molar-refractivity contribution in [3.63, 3.8) is 0 Å². The second-order valence-electron chi connectivity index (χ2n) is 5.90. The zero-order valence-corrected chi connectivity index (χ0v) is 16.3. The van der Waals surface area contributed by atoms with E-state index in [1.165, 1.54) is 0 Å². The first-order valence-corrected chi connectivity index (χ1v) is 9.19. The van der Waals surface area contributed by atoms with Crippen molar-refractivity contribution in [1.29, 1.82) is 0 Å². The monoisotopic (exact) mass is 403 g/mol. The van der Waals surface area contributed by atoms with E-state index in [4.69, 9.17) is 34.8 Å². The molecule has 3 rings (SSSR count). The number of anilines is 2. The van der Waals surface area contributed by atoms with Gasteiger partial charge in [-0.05, 0) is 73.2 Å². The Kier molecular flexibility index (Phi) is 5.87. The van der Waals surface area contributed by atoms with Crippen LogP contribution >= 0.6 is 34.8 Å². The molecule has 0 spiro atoms. The fraction of sp³-hybridized carbons (Fsp3) is 0.0952. The number of carbonyl (C=O) groups is 1. The largest absolute Gasteiger partial charge is 0.281 e. The molecule has 0 N–H and O–H groups in total. The lowest BCUT2D eigenvalue weighted by molar-refractivity contribution is -0.119. The summed E-state index contributed by atoms with van der Waals surface area (Å²) in [5.74, 6) is -0.407. The zero-order chi connectivity index (χ0) is 18.7. The van der Waals surface area contributed by atoms with Gasteiger partial charge in [0.2, 0.25) is 5.91 Å². The SMILES string of the molecule is CC(C(=O)N(c1ccc(Cl)cc1)c1ccc(Cl)cc1)c1ccc(Cl)cc1. The molecule has 1 amide bonds. The van der Waals surface area contributed by atoms with Gasteiger partial charge in [0.15, 0.2) is 0 Å². The average Bonchev–Trinajstić information content (AvgIpc) is 2.65. The standard InChI is InChI=1S/C21H16Cl3NO/c1-14(15-2-4-16(22)5-3-15)21(26)25(19-10-6-17(23)7-11-19)20-12-8-18(24)9-13-20/h2-14H,1H3. The van der Waals surface area contributed by atoms with E-state index in [0.29, 0.717) is 15.1 Å². The number of hydrogen-bond donors (Lipinski definition) is 0. The number of amides is 1. The van der Waals surface area contributed by atoms with Crippen LogP contribution in [0.1, 0.15) is 18.4 Å². The number of halogens is 3. The van der Waals surface area contributed by atoms with Crippen molar-refractivity contribution in [2.45, 2.75) is 12.8 Å². The fourth-order valence-electron chi connectivity index (χ4n) is 2.67. The average molecular weight is 405 g/mol. The molecule has 0 saturated heterocycles. The molecule has 5 heteroatoms. The molecule has 1 atom stereocenters. The van der Waals surface area contributed by atoms with Gasteiger partial charge < -0.3 is 0 Å². The van der Waals surface area contributed by atoms with Crippen molar-refractivity contribution in [1.82, 2.24) is 0 Å². The second kappa shape index (κ2) is 8.13. The summed E-state index contributed by atoms with van der Waals surface area (Å²) in [5.41, 5.74) is 2.37. The van der Waals surface area contributed by atoms with Crippen LogP contribution in [0.3, 0.4) is 0 Å². The maximum absolute atomic E-state index is 13.3. The van der Waals surface area contributed by atoms with Crippen LogP contribution in [-0.4, -0.2) is 5.91 Å². The van der Waals surface area contributed by atoms with Gasteiger partial charge in [-0.25, -0.2) is 0 Å². The van der Waals surface area contributed by atoms with Gasteiger partial charge in [-0.2, -0.15) is 0 Å². The highest BCUT2D eigenvalue weighted by Crippen LogP contribution is 2.32. The van der Waals surface area contributed by atoms with Crippen molar-refractivity contribution in [2.75, 3.05) is 4.90 Å². The molecule has 0 aliphatic heterocycles. The molecule has 26 heavy (non-hydrogen) atoms. The first kappa shape index (κ1) is 18.8. The molecular weight excluding hydrogens is 389 g/mol. The Morgan fingerprint density at radius 3 is 1.42 bits per heavy atom. The van der Waals surface area contributed by atoms with Crippen LogP contribution < -0.4 is 4.90 Å². The molecule has 0 aromatic heterocycles. The Morgan fingerprint density at radius 1 is 0.692 bits per heavy atom. The molecular formula is C21H16Cl3NO. The van der Waals surface area contributed by atoms with Crippen LogP contribution in [0, 0.1) is 0 Å². The summed E-state index contributed by atoms with van der Waals surface area (Å²) < 4.78 is 0. The summed E-state index contributed by atoms with van der Waals surface area (Å²) in [5, 5.41) is 1.87. The van der Waals surface area contributed by atoms with Crippen LogP contribution in [0.2, 0.25) is 15.1 Å². The molecule has 132 valence electrons. The van der Waals surface area contributed by atoms with Crippen molar-refractivity contribution in [2.24, 2.45) is 0 Å². The number of carbonyl (C=O) groups excluding carboxylic acids is 1. The predicted molar refractivity (Wildman–Crippen MR) is 110 cm³/mol. The Bertz CT molecular complexity index is 845. The molecule has 0 aliphatic carbocycles. The highest BCUT2D eigenvalue weighted by atomic mass is 35.5. The zero-order valence-electron chi connectivity index (χ0n) is 14.0. The minimum absolute atomic E-state index is 0.0584. The molecule has 0 fully saturated rings. The maximum atomic E-state index is 13.3. The van der Waals surface area contributed by atoms with Gasteiger partial charge in [0.1, 0.15) is 0 Å². The molecule has 3 aromatic carbocycles. The smallest absolute Gasteiger partial charge is 0.238 e. The summed E-state index contributed by atoms with van der Waals surface area (Å²) in [4.78, 5) is 15.0. The lowest BCUT2D eigenvalue weighted by atomic mass is 9.99. The van der Waals surface area contributed by atoms with E-state index < -0.39 is 0 Å².